The van der Waals surface area contributed by atoms with Crippen LogP contribution in [0.25, 0.3) is 22.6 Å². The van der Waals surface area contributed by atoms with Gasteiger partial charge in [-0.25, -0.2) is 9.97 Å². The molecule has 1 saturated heterocycles. The lowest BCUT2D eigenvalue weighted by Crippen LogP contribution is -2.44. The molecule has 0 spiro atoms. The van der Waals surface area contributed by atoms with Crippen LogP contribution >= 0.6 is 0 Å². The number of hydrogen-bond acceptors (Lipinski definition) is 6. The summed E-state index contributed by atoms with van der Waals surface area (Å²) in [7, 11) is 0. The fraction of sp³-hybridized carbons (Fsp3) is 0.500. The van der Waals surface area contributed by atoms with Gasteiger partial charge in [-0.05, 0) is 58.2 Å². The summed E-state index contributed by atoms with van der Waals surface area (Å²) in [6.45, 7) is 6.39. The molecule has 32 heavy (non-hydrogen) atoms. The van der Waals surface area contributed by atoms with Crippen molar-refractivity contribution in [3.8, 4) is 11.6 Å². The predicted molar refractivity (Wildman–Crippen MR) is 126 cm³/mol. The standard InChI is InChI=1S/C24H32N6O2/c1-16-9-8-10-17(2)29(16)13-6-3-7-14-30-19-12-5-4-11-18(19)28-21(24(30)31)23-27-15-20(32-23)22(25)26/h4-5,11-12,15-17H,3,6-10,13-14H2,1-2H3,(H3,25,26)/t16-,17+. The summed E-state index contributed by atoms with van der Waals surface area (Å²) in [6, 6.07) is 8.93. The minimum Gasteiger partial charge on any atom is -0.431 e. The van der Waals surface area contributed by atoms with E-state index >= 15 is 0 Å². The molecule has 0 aliphatic carbocycles. The number of benzene rings is 1. The second-order valence-electron chi connectivity index (χ2n) is 8.78. The van der Waals surface area contributed by atoms with Gasteiger partial charge in [0.15, 0.2) is 17.3 Å². The predicted octanol–water partition coefficient (Wildman–Crippen LogP) is 3.77. The van der Waals surface area contributed by atoms with Crippen molar-refractivity contribution in [2.24, 2.45) is 5.73 Å². The summed E-state index contributed by atoms with van der Waals surface area (Å²) in [6.07, 6.45) is 8.35. The van der Waals surface area contributed by atoms with Crippen LogP contribution in [0.3, 0.4) is 0 Å². The third-order valence-corrected chi connectivity index (χ3v) is 6.50. The molecule has 1 aliphatic heterocycles. The van der Waals surface area contributed by atoms with Crippen LogP contribution in [0.15, 0.2) is 39.7 Å². The number of hydrogen-bond donors (Lipinski definition) is 2. The van der Waals surface area contributed by atoms with E-state index < -0.39 is 0 Å². The summed E-state index contributed by atoms with van der Waals surface area (Å²) >= 11 is 0. The van der Waals surface area contributed by atoms with E-state index in [-0.39, 0.29) is 28.7 Å². The maximum atomic E-state index is 13.3. The van der Waals surface area contributed by atoms with Gasteiger partial charge in [0.2, 0.25) is 0 Å². The van der Waals surface area contributed by atoms with Crippen LogP contribution in [0.2, 0.25) is 0 Å². The number of fused-ring (bicyclic) bond motifs is 1. The van der Waals surface area contributed by atoms with Crippen LogP contribution in [0.5, 0.6) is 0 Å². The van der Waals surface area contributed by atoms with Gasteiger partial charge in [-0.1, -0.05) is 25.0 Å². The maximum Gasteiger partial charge on any atom is 0.282 e. The quantitative estimate of drug-likeness (QED) is 0.316. The number of para-hydroxylation sites is 2. The van der Waals surface area contributed by atoms with Gasteiger partial charge >= 0.3 is 0 Å². The van der Waals surface area contributed by atoms with Gasteiger partial charge in [0.25, 0.3) is 11.4 Å². The number of oxazole rings is 1. The Morgan fingerprint density at radius 2 is 1.88 bits per heavy atom. The Labute approximate surface area is 188 Å². The van der Waals surface area contributed by atoms with Crippen molar-refractivity contribution >= 4 is 16.9 Å². The third kappa shape index (κ3) is 4.60. The molecule has 1 aromatic carbocycles. The lowest BCUT2D eigenvalue weighted by molar-refractivity contribution is 0.101. The fourth-order valence-electron chi connectivity index (χ4n) is 4.72. The van der Waals surface area contributed by atoms with E-state index in [4.69, 9.17) is 15.6 Å². The van der Waals surface area contributed by atoms with Gasteiger partial charge in [0.1, 0.15) is 0 Å². The Bertz CT molecular complexity index is 1140. The van der Waals surface area contributed by atoms with E-state index in [1.807, 2.05) is 24.3 Å². The number of nitrogens with two attached hydrogens (primary N) is 1. The van der Waals surface area contributed by atoms with E-state index in [0.717, 1.165) is 31.3 Å². The van der Waals surface area contributed by atoms with E-state index in [0.29, 0.717) is 24.1 Å². The highest BCUT2D eigenvalue weighted by atomic mass is 16.4. The summed E-state index contributed by atoms with van der Waals surface area (Å²) in [5.41, 5.74) is 6.89. The smallest absolute Gasteiger partial charge is 0.282 e. The largest absolute Gasteiger partial charge is 0.431 e. The first-order chi connectivity index (χ1) is 15.5. The first-order valence-corrected chi connectivity index (χ1v) is 11.5. The van der Waals surface area contributed by atoms with Gasteiger partial charge in [-0.3, -0.25) is 15.1 Å². The molecular weight excluding hydrogens is 404 g/mol. The fourth-order valence-corrected chi connectivity index (χ4v) is 4.72. The second-order valence-corrected chi connectivity index (χ2v) is 8.78. The average Bonchev–Trinajstić information content (AvgIpc) is 3.27. The number of amidine groups is 1. The molecule has 0 bridgehead atoms. The third-order valence-electron chi connectivity index (χ3n) is 6.50. The van der Waals surface area contributed by atoms with Crippen LogP contribution < -0.4 is 11.3 Å². The maximum absolute atomic E-state index is 13.3. The van der Waals surface area contributed by atoms with Gasteiger partial charge in [-0.2, -0.15) is 0 Å². The second kappa shape index (κ2) is 9.65. The summed E-state index contributed by atoms with van der Waals surface area (Å²) < 4.78 is 7.27. The number of aryl methyl sites for hydroxylation is 1. The van der Waals surface area contributed by atoms with E-state index in [1.165, 1.54) is 25.5 Å². The SMILES string of the molecule is C[C@@H]1CCC[C@H](C)N1CCCCCn1c(=O)c(-c2ncc(C(=N)N)o2)nc2ccccc21. The first kappa shape index (κ1) is 22.2. The molecule has 0 radical (unpaired) electrons. The zero-order valence-electron chi connectivity index (χ0n) is 18.9. The highest BCUT2D eigenvalue weighted by molar-refractivity contribution is 5.92. The Balaban J connectivity index is 1.49. The molecule has 2 aromatic heterocycles. The minimum absolute atomic E-state index is 0.0905. The summed E-state index contributed by atoms with van der Waals surface area (Å²) in [4.78, 5) is 24.5. The molecule has 2 atom stereocenters. The number of likely N-dealkylation sites (tertiary alicyclic amines) is 1. The Morgan fingerprint density at radius 1 is 1.16 bits per heavy atom. The van der Waals surface area contributed by atoms with Crippen molar-refractivity contribution in [3.63, 3.8) is 0 Å². The number of aromatic nitrogens is 3. The Kier molecular flexibility index (Phi) is 6.69. The lowest BCUT2D eigenvalue weighted by atomic mass is 9.97. The zero-order chi connectivity index (χ0) is 22.7. The molecule has 8 nitrogen and oxygen atoms in total. The Hall–Kier alpha value is -3.00. The number of nitrogen functional groups attached to an aromatic ring is 1. The molecule has 8 heteroatoms. The molecular formula is C24H32N6O2. The molecule has 0 saturated carbocycles. The van der Waals surface area contributed by atoms with Crippen LogP contribution in [-0.2, 0) is 6.54 Å². The van der Waals surface area contributed by atoms with Crippen molar-refractivity contribution in [2.75, 3.05) is 6.54 Å². The summed E-state index contributed by atoms with van der Waals surface area (Å²) in [5, 5.41) is 7.50. The van der Waals surface area contributed by atoms with Crippen LogP contribution in [0.4, 0.5) is 0 Å². The van der Waals surface area contributed by atoms with E-state index in [9.17, 15) is 4.79 Å². The van der Waals surface area contributed by atoms with Crippen molar-refractivity contribution in [1.82, 2.24) is 19.4 Å². The van der Waals surface area contributed by atoms with Crippen LogP contribution in [0.1, 0.15) is 58.1 Å². The molecule has 4 rings (SSSR count). The molecule has 3 N–H and O–H groups in total. The molecule has 170 valence electrons. The van der Waals surface area contributed by atoms with E-state index in [1.54, 1.807) is 4.57 Å². The van der Waals surface area contributed by atoms with Gasteiger partial charge < -0.3 is 14.7 Å². The molecule has 1 fully saturated rings. The monoisotopic (exact) mass is 436 g/mol. The highest BCUT2D eigenvalue weighted by Crippen LogP contribution is 2.23. The number of piperidine rings is 1. The molecule has 3 heterocycles. The molecule has 1 aliphatic rings. The van der Waals surface area contributed by atoms with Crippen molar-refractivity contribution in [3.05, 3.63) is 46.6 Å². The van der Waals surface area contributed by atoms with Gasteiger partial charge in [-0.15, -0.1) is 0 Å². The topological polar surface area (TPSA) is 114 Å². The zero-order valence-corrected chi connectivity index (χ0v) is 18.9. The number of nitrogens with one attached hydrogen (secondary N) is 1. The first-order valence-electron chi connectivity index (χ1n) is 11.5. The average molecular weight is 437 g/mol. The number of unbranched alkanes of at least 4 members (excludes halogenated alkanes) is 2. The van der Waals surface area contributed by atoms with Crippen molar-refractivity contribution < 1.29 is 4.42 Å². The molecule has 0 amide bonds. The molecule has 3 aromatic rings. The highest BCUT2D eigenvalue weighted by Gasteiger charge is 2.23. The number of nitrogens with zero attached hydrogens (tertiary/aromatic N) is 4. The van der Waals surface area contributed by atoms with Crippen LogP contribution in [0, 0.1) is 5.41 Å². The van der Waals surface area contributed by atoms with E-state index in [2.05, 4.69) is 28.7 Å². The summed E-state index contributed by atoms with van der Waals surface area (Å²) in [5.74, 6) is -0.0166. The number of rotatable bonds is 8. The van der Waals surface area contributed by atoms with Crippen molar-refractivity contribution in [2.45, 2.75) is 71.0 Å². The normalized spacial score (nSPS) is 19.4. The lowest BCUT2D eigenvalue weighted by Gasteiger charge is -2.39. The van der Waals surface area contributed by atoms with Gasteiger partial charge in [0, 0.05) is 18.6 Å². The Morgan fingerprint density at radius 3 is 2.59 bits per heavy atom. The minimum atomic E-state index is -0.237. The van der Waals surface area contributed by atoms with Crippen LogP contribution in [-0.4, -0.2) is 43.9 Å². The van der Waals surface area contributed by atoms with Crippen molar-refractivity contribution in [1.29, 1.82) is 5.41 Å². The molecule has 0 unspecified atom stereocenters. The van der Waals surface area contributed by atoms with Gasteiger partial charge in [0.05, 0.1) is 17.2 Å².